The maximum atomic E-state index is 10.4. The van der Waals surface area contributed by atoms with Crippen molar-refractivity contribution in [2.24, 2.45) is 0 Å². The molecule has 0 aromatic carbocycles. The van der Waals surface area contributed by atoms with Gasteiger partial charge in [0, 0.05) is 26.9 Å². The Morgan fingerprint density at radius 1 is 1.00 bits per heavy atom. The molecule has 0 saturated carbocycles. The second kappa shape index (κ2) is 7.58. The fourth-order valence-electron chi connectivity index (χ4n) is 0.845. The van der Waals surface area contributed by atoms with E-state index in [1.165, 1.54) is 13.8 Å². The first-order chi connectivity index (χ1) is 6.13. The van der Waals surface area contributed by atoms with E-state index >= 15 is 0 Å². The number of carbonyl (C=O) groups excluding carboxylic acids is 2. The van der Waals surface area contributed by atoms with Gasteiger partial charge < -0.3 is 10.6 Å². The highest BCUT2D eigenvalue weighted by atomic mass is 16.1. The molecule has 4 nitrogen and oxygen atoms in total. The van der Waals surface area contributed by atoms with Gasteiger partial charge in [-0.2, -0.15) is 0 Å². The first-order valence-electron chi connectivity index (χ1n) is 4.43. The number of unbranched alkanes of at least 4 members (excludes halogenated alkanes) is 2. The minimum Gasteiger partial charge on any atom is -0.356 e. The van der Waals surface area contributed by atoms with Crippen molar-refractivity contribution < 1.29 is 9.59 Å². The van der Waals surface area contributed by atoms with Crippen LogP contribution in [0.4, 0.5) is 0 Å². The molecule has 1 radical (unpaired) electrons. The van der Waals surface area contributed by atoms with Crippen molar-refractivity contribution in [1.29, 1.82) is 0 Å². The molecule has 13 heavy (non-hydrogen) atoms. The predicted molar refractivity (Wildman–Crippen MR) is 50.9 cm³/mol. The van der Waals surface area contributed by atoms with Crippen LogP contribution in [-0.4, -0.2) is 24.9 Å². The van der Waals surface area contributed by atoms with E-state index < -0.39 is 0 Å². The Morgan fingerprint density at radius 2 is 1.38 bits per heavy atom. The Balaban J connectivity index is 3.00. The summed E-state index contributed by atoms with van der Waals surface area (Å²) in [6, 6.07) is 0. The van der Waals surface area contributed by atoms with E-state index in [9.17, 15) is 9.59 Å². The van der Waals surface area contributed by atoms with Crippen molar-refractivity contribution in [2.45, 2.75) is 26.7 Å². The molecule has 0 fully saturated rings. The largest absolute Gasteiger partial charge is 0.356 e. The van der Waals surface area contributed by atoms with E-state index in [1.54, 1.807) is 0 Å². The SMILES string of the molecule is CC(=O)NCC[CH]CCNC(C)=O. The molecular formula is C9H17N2O2. The maximum absolute atomic E-state index is 10.4. The summed E-state index contributed by atoms with van der Waals surface area (Å²) in [4.78, 5) is 20.9. The fourth-order valence-corrected chi connectivity index (χ4v) is 0.845. The molecule has 0 aliphatic rings. The van der Waals surface area contributed by atoms with Crippen LogP contribution in [-0.2, 0) is 9.59 Å². The van der Waals surface area contributed by atoms with Crippen molar-refractivity contribution in [2.75, 3.05) is 13.1 Å². The number of amides is 2. The zero-order valence-electron chi connectivity index (χ0n) is 8.22. The van der Waals surface area contributed by atoms with Gasteiger partial charge in [-0.1, -0.05) is 0 Å². The van der Waals surface area contributed by atoms with Gasteiger partial charge in [0.1, 0.15) is 0 Å². The molecule has 0 aromatic heterocycles. The predicted octanol–water partition coefficient (Wildman–Crippen LogP) is 0.243. The van der Waals surface area contributed by atoms with Gasteiger partial charge in [-0.3, -0.25) is 9.59 Å². The average Bonchev–Trinajstić information content (AvgIpc) is 2.01. The molecule has 2 N–H and O–H groups in total. The van der Waals surface area contributed by atoms with Crippen LogP contribution in [0.3, 0.4) is 0 Å². The summed E-state index contributed by atoms with van der Waals surface area (Å²) in [5.74, 6) is -0.00878. The molecular weight excluding hydrogens is 168 g/mol. The molecule has 0 unspecified atom stereocenters. The number of hydrogen-bond acceptors (Lipinski definition) is 2. The third-order valence-electron chi connectivity index (χ3n) is 1.44. The highest BCUT2D eigenvalue weighted by molar-refractivity contribution is 5.73. The summed E-state index contributed by atoms with van der Waals surface area (Å²) in [6.07, 6.45) is 3.74. The first-order valence-corrected chi connectivity index (χ1v) is 4.43. The second-order valence-corrected chi connectivity index (χ2v) is 2.83. The average molecular weight is 185 g/mol. The van der Waals surface area contributed by atoms with Crippen molar-refractivity contribution in [1.82, 2.24) is 10.6 Å². The molecule has 4 heteroatoms. The molecule has 75 valence electrons. The van der Waals surface area contributed by atoms with E-state index in [2.05, 4.69) is 10.6 Å². The van der Waals surface area contributed by atoms with Crippen molar-refractivity contribution in [3.63, 3.8) is 0 Å². The zero-order chi connectivity index (χ0) is 10.1. The molecule has 0 bridgehead atoms. The molecule has 0 heterocycles. The first kappa shape index (κ1) is 11.9. The lowest BCUT2D eigenvalue weighted by Crippen LogP contribution is -2.22. The third-order valence-corrected chi connectivity index (χ3v) is 1.44. The smallest absolute Gasteiger partial charge is 0.216 e. The van der Waals surface area contributed by atoms with E-state index in [0.29, 0.717) is 13.1 Å². The van der Waals surface area contributed by atoms with Crippen molar-refractivity contribution >= 4 is 11.8 Å². The Labute approximate surface area is 79.1 Å². The molecule has 0 spiro atoms. The summed E-state index contributed by atoms with van der Waals surface area (Å²) in [7, 11) is 0. The number of rotatable bonds is 6. The second-order valence-electron chi connectivity index (χ2n) is 2.83. The highest BCUT2D eigenvalue weighted by Crippen LogP contribution is 1.90. The lowest BCUT2D eigenvalue weighted by Gasteiger charge is -2.02. The van der Waals surface area contributed by atoms with Gasteiger partial charge in [-0.25, -0.2) is 0 Å². The van der Waals surface area contributed by atoms with Gasteiger partial charge in [0.05, 0.1) is 0 Å². The highest BCUT2D eigenvalue weighted by Gasteiger charge is 1.93. The van der Waals surface area contributed by atoms with E-state index in [4.69, 9.17) is 0 Å². The van der Waals surface area contributed by atoms with Crippen LogP contribution in [0.25, 0.3) is 0 Å². The lowest BCUT2D eigenvalue weighted by molar-refractivity contribution is -0.119. The van der Waals surface area contributed by atoms with Gasteiger partial charge in [0.25, 0.3) is 0 Å². The topological polar surface area (TPSA) is 58.2 Å². The van der Waals surface area contributed by atoms with E-state index in [-0.39, 0.29) is 11.8 Å². The molecule has 2 amide bonds. The van der Waals surface area contributed by atoms with E-state index in [0.717, 1.165) is 12.8 Å². The van der Waals surface area contributed by atoms with Crippen molar-refractivity contribution in [3.05, 3.63) is 6.42 Å². The number of carbonyl (C=O) groups is 2. The van der Waals surface area contributed by atoms with E-state index in [1.807, 2.05) is 6.42 Å². The third kappa shape index (κ3) is 10.9. The summed E-state index contributed by atoms with van der Waals surface area (Å²) >= 11 is 0. The Bertz CT molecular complexity index is 151. The van der Waals surface area contributed by atoms with Crippen LogP contribution < -0.4 is 10.6 Å². The normalized spacial score (nSPS) is 9.38. The minimum atomic E-state index is -0.00439. The van der Waals surface area contributed by atoms with Crippen LogP contribution in [0, 0.1) is 6.42 Å². The molecule has 0 saturated heterocycles. The van der Waals surface area contributed by atoms with Gasteiger partial charge >= 0.3 is 0 Å². The van der Waals surface area contributed by atoms with Crippen LogP contribution >= 0.6 is 0 Å². The molecule has 0 aliphatic heterocycles. The summed E-state index contributed by atoms with van der Waals surface area (Å²) in [5, 5.41) is 5.38. The van der Waals surface area contributed by atoms with Crippen LogP contribution in [0.1, 0.15) is 26.7 Å². The molecule has 0 aliphatic carbocycles. The summed E-state index contributed by atoms with van der Waals surface area (Å²) in [5.41, 5.74) is 0. The van der Waals surface area contributed by atoms with Crippen LogP contribution in [0.5, 0.6) is 0 Å². The van der Waals surface area contributed by atoms with Gasteiger partial charge in [-0.05, 0) is 19.3 Å². The monoisotopic (exact) mass is 185 g/mol. The molecule has 0 aromatic rings. The Hall–Kier alpha value is -1.06. The summed E-state index contributed by atoms with van der Waals surface area (Å²) < 4.78 is 0. The Morgan fingerprint density at radius 3 is 1.69 bits per heavy atom. The number of nitrogens with one attached hydrogen (secondary N) is 2. The van der Waals surface area contributed by atoms with Crippen LogP contribution in [0.2, 0.25) is 0 Å². The Kier molecular flexibility index (Phi) is 6.96. The van der Waals surface area contributed by atoms with Gasteiger partial charge in [-0.15, -0.1) is 0 Å². The van der Waals surface area contributed by atoms with Gasteiger partial charge in [0.2, 0.25) is 11.8 Å². The van der Waals surface area contributed by atoms with Crippen LogP contribution in [0.15, 0.2) is 0 Å². The van der Waals surface area contributed by atoms with Crippen molar-refractivity contribution in [3.8, 4) is 0 Å². The molecule has 0 atom stereocenters. The number of hydrogen-bond donors (Lipinski definition) is 2. The van der Waals surface area contributed by atoms with Gasteiger partial charge in [0.15, 0.2) is 0 Å². The fraction of sp³-hybridized carbons (Fsp3) is 0.667. The quantitative estimate of drug-likeness (QED) is 0.582. The standard InChI is InChI=1S/C9H17N2O2/c1-8(12)10-6-4-3-5-7-11-9(2)13/h3H,4-7H2,1-2H3,(H,10,12)(H,11,13). The zero-order valence-corrected chi connectivity index (χ0v) is 8.22. The minimum absolute atomic E-state index is 0.00439. The summed E-state index contributed by atoms with van der Waals surface area (Å²) in [6.45, 7) is 4.35. The lowest BCUT2D eigenvalue weighted by atomic mass is 10.2. The molecule has 0 rings (SSSR count). The maximum Gasteiger partial charge on any atom is 0.216 e.